The third-order valence-corrected chi connectivity index (χ3v) is 2.73. The highest BCUT2D eigenvalue weighted by atomic mass is 16.4. The minimum atomic E-state index is -0.943. The Morgan fingerprint density at radius 2 is 2.25 bits per heavy atom. The van der Waals surface area contributed by atoms with Gasteiger partial charge in [0.05, 0.1) is 24.0 Å². The van der Waals surface area contributed by atoms with E-state index in [2.05, 4.69) is 15.4 Å². The number of carboxylic acid groups (broad SMARTS) is 1. The minimum absolute atomic E-state index is 0.141. The molecule has 2 aromatic rings. The van der Waals surface area contributed by atoms with Crippen molar-refractivity contribution in [2.75, 3.05) is 5.32 Å². The Morgan fingerprint density at radius 3 is 2.80 bits per heavy atom. The fourth-order valence-corrected chi connectivity index (χ4v) is 1.63. The number of anilines is 1. The minimum Gasteiger partial charge on any atom is -0.481 e. The number of carboxylic acids is 1. The molecule has 2 heterocycles. The molecule has 104 valence electrons. The molecule has 0 fully saturated rings. The van der Waals surface area contributed by atoms with E-state index in [0.717, 1.165) is 0 Å². The van der Waals surface area contributed by atoms with Crippen LogP contribution < -0.4 is 5.32 Å². The van der Waals surface area contributed by atoms with Crippen LogP contribution in [-0.4, -0.2) is 31.7 Å². The molecule has 7 heteroatoms. The van der Waals surface area contributed by atoms with Crippen molar-refractivity contribution in [2.45, 2.75) is 19.4 Å². The van der Waals surface area contributed by atoms with Gasteiger partial charge >= 0.3 is 5.97 Å². The first kappa shape index (κ1) is 13.7. The summed E-state index contributed by atoms with van der Waals surface area (Å²) in [5.41, 5.74) is 0.957. The topological polar surface area (TPSA) is 97.1 Å². The summed E-state index contributed by atoms with van der Waals surface area (Å²) in [5.74, 6) is -1.16. The van der Waals surface area contributed by atoms with Gasteiger partial charge < -0.3 is 10.4 Å². The molecule has 2 N–H and O–H groups in total. The molecular weight excluding hydrogens is 260 g/mol. The fraction of sp³-hybridized carbons (Fsp3) is 0.231. The van der Waals surface area contributed by atoms with Crippen molar-refractivity contribution in [1.82, 2.24) is 14.8 Å². The van der Waals surface area contributed by atoms with Crippen LogP contribution in [-0.2, 0) is 16.0 Å². The third kappa shape index (κ3) is 3.41. The van der Waals surface area contributed by atoms with Gasteiger partial charge in [0, 0.05) is 12.4 Å². The van der Waals surface area contributed by atoms with Crippen molar-refractivity contribution < 1.29 is 14.7 Å². The number of hydrogen-bond donors (Lipinski definition) is 2. The highest BCUT2D eigenvalue weighted by molar-refractivity contribution is 5.93. The Bertz CT molecular complexity index is 593. The van der Waals surface area contributed by atoms with Crippen LogP contribution in [0.2, 0.25) is 0 Å². The lowest BCUT2D eigenvalue weighted by atomic mass is 10.2. The number of amides is 1. The third-order valence-electron chi connectivity index (χ3n) is 2.73. The lowest BCUT2D eigenvalue weighted by Crippen LogP contribution is -2.24. The molecule has 0 aliphatic carbocycles. The second-order valence-corrected chi connectivity index (χ2v) is 4.26. The summed E-state index contributed by atoms with van der Waals surface area (Å²) < 4.78 is 1.54. The van der Waals surface area contributed by atoms with Gasteiger partial charge in [-0.05, 0) is 25.1 Å². The van der Waals surface area contributed by atoms with Gasteiger partial charge in [0.2, 0.25) is 5.91 Å². The predicted molar refractivity (Wildman–Crippen MR) is 71.1 cm³/mol. The Balaban J connectivity index is 1.99. The smallest absolute Gasteiger partial charge is 0.309 e. The maximum atomic E-state index is 12.0. The number of rotatable bonds is 5. The fourth-order valence-electron chi connectivity index (χ4n) is 1.63. The van der Waals surface area contributed by atoms with Crippen LogP contribution in [0, 0.1) is 0 Å². The number of nitrogens with one attached hydrogen (secondary N) is 1. The van der Waals surface area contributed by atoms with Crippen molar-refractivity contribution >= 4 is 17.6 Å². The molecule has 0 bridgehead atoms. The van der Waals surface area contributed by atoms with E-state index in [1.54, 1.807) is 42.2 Å². The number of carbonyl (C=O) groups excluding carboxylic acids is 1. The molecule has 1 amide bonds. The number of pyridine rings is 1. The molecule has 1 unspecified atom stereocenters. The Morgan fingerprint density at radius 1 is 1.45 bits per heavy atom. The average Bonchev–Trinajstić information content (AvgIpc) is 2.93. The number of aromatic nitrogens is 3. The average molecular weight is 274 g/mol. The van der Waals surface area contributed by atoms with Crippen molar-refractivity contribution in [2.24, 2.45) is 0 Å². The maximum Gasteiger partial charge on any atom is 0.309 e. The normalized spacial score (nSPS) is 11.8. The van der Waals surface area contributed by atoms with Gasteiger partial charge in [-0.2, -0.15) is 5.10 Å². The second kappa shape index (κ2) is 5.96. The van der Waals surface area contributed by atoms with Crippen LogP contribution in [0.4, 0.5) is 5.69 Å². The first-order valence-electron chi connectivity index (χ1n) is 6.03. The predicted octanol–water partition coefficient (Wildman–Crippen LogP) is 1.10. The zero-order chi connectivity index (χ0) is 14.5. The number of carbonyl (C=O) groups is 2. The van der Waals surface area contributed by atoms with Gasteiger partial charge in [0.1, 0.15) is 6.04 Å². The van der Waals surface area contributed by atoms with Crippen molar-refractivity contribution in [3.8, 4) is 0 Å². The summed E-state index contributed by atoms with van der Waals surface area (Å²) in [6.07, 6.45) is 4.61. The molecular formula is C13H14N4O3. The first-order chi connectivity index (χ1) is 9.56. The molecule has 0 saturated heterocycles. The van der Waals surface area contributed by atoms with Gasteiger partial charge in [-0.15, -0.1) is 0 Å². The molecule has 0 radical (unpaired) electrons. The SMILES string of the molecule is CC(C(=O)Nc1ccc(CC(=O)O)nc1)n1cccn1. The van der Waals surface area contributed by atoms with Crippen LogP contribution in [0.5, 0.6) is 0 Å². The Kier molecular flexibility index (Phi) is 4.09. The van der Waals surface area contributed by atoms with Gasteiger partial charge in [-0.3, -0.25) is 19.3 Å². The van der Waals surface area contributed by atoms with E-state index >= 15 is 0 Å². The van der Waals surface area contributed by atoms with Crippen molar-refractivity contribution in [3.05, 3.63) is 42.5 Å². The quantitative estimate of drug-likeness (QED) is 0.851. The zero-order valence-electron chi connectivity index (χ0n) is 10.9. The van der Waals surface area contributed by atoms with E-state index in [1.807, 2.05) is 0 Å². The van der Waals surface area contributed by atoms with E-state index in [9.17, 15) is 9.59 Å². The number of hydrogen-bond acceptors (Lipinski definition) is 4. The lowest BCUT2D eigenvalue weighted by molar-refractivity contribution is -0.136. The van der Waals surface area contributed by atoms with Crippen LogP contribution in [0.1, 0.15) is 18.7 Å². The van der Waals surface area contributed by atoms with Crippen LogP contribution in [0.15, 0.2) is 36.8 Å². The molecule has 20 heavy (non-hydrogen) atoms. The van der Waals surface area contributed by atoms with Crippen LogP contribution >= 0.6 is 0 Å². The summed E-state index contributed by atoms with van der Waals surface area (Å²) in [4.78, 5) is 26.5. The van der Waals surface area contributed by atoms with E-state index in [-0.39, 0.29) is 12.3 Å². The van der Waals surface area contributed by atoms with Gasteiger partial charge in [-0.25, -0.2) is 0 Å². The van der Waals surface area contributed by atoms with Gasteiger partial charge in [0.15, 0.2) is 0 Å². The monoisotopic (exact) mass is 274 g/mol. The molecule has 7 nitrogen and oxygen atoms in total. The van der Waals surface area contributed by atoms with Crippen LogP contribution in [0.3, 0.4) is 0 Å². The number of nitrogens with zero attached hydrogens (tertiary/aromatic N) is 3. The van der Waals surface area contributed by atoms with E-state index < -0.39 is 12.0 Å². The summed E-state index contributed by atoms with van der Waals surface area (Å²) in [5, 5.41) is 15.3. The van der Waals surface area contributed by atoms with Gasteiger partial charge in [0.25, 0.3) is 0 Å². The molecule has 0 aliphatic rings. The largest absolute Gasteiger partial charge is 0.481 e. The van der Waals surface area contributed by atoms with Crippen molar-refractivity contribution in [3.63, 3.8) is 0 Å². The highest BCUT2D eigenvalue weighted by Crippen LogP contribution is 2.11. The van der Waals surface area contributed by atoms with Crippen LogP contribution in [0.25, 0.3) is 0 Å². The second-order valence-electron chi connectivity index (χ2n) is 4.26. The molecule has 0 aromatic carbocycles. The maximum absolute atomic E-state index is 12.0. The molecule has 2 aromatic heterocycles. The summed E-state index contributed by atoms with van der Waals surface area (Å²) in [6, 6.07) is 4.50. The van der Waals surface area contributed by atoms with Gasteiger partial charge in [-0.1, -0.05) is 0 Å². The van der Waals surface area contributed by atoms with E-state index in [4.69, 9.17) is 5.11 Å². The van der Waals surface area contributed by atoms with E-state index in [0.29, 0.717) is 11.4 Å². The lowest BCUT2D eigenvalue weighted by Gasteiger charge is -2.12. The summed E-state index contributed by atoms with van der Waals surface area (Å²) >= 11 is 0. The molecule has 0 aliphatic heterocycles. The Hall–Kier alpha value is -2.70. The van der Waals surface area contributed by atoms with E-state index in [1.165, 1.54) is 6.20 Å². The molecule has 0 spiro atoms. The highest BCUT2D eigenvalue weighted by Gasteiger charge is 2.15. The zero-order valence-corrected chi connectivity index (χ0v) is 10.9. The summed E-state index contributed by atoms with van der Waals surface area (Å²) in [6.45, 7) is 1.73. The van der Waals surface area contributed by atoms with Crippen molar-refractivity contribution in [1.29, 1.82) is 0 Å². The molecule has 2 rings (SSSR count). The summed E-state index contributed by atoms with van der Waals surface area (Å²) in [7, 11) is 0. The first-order valence-corrected chi connectivity index (χ1v) is 6.03. The Labute approximate surface area is 115 Å². The molecule has 0 saturated carbocycles. The molecule has 1 atom stereocenters. The standard InChI is InChI=1S/C13H14N4O3/c1-9(17-6-2-5-15-17)13(20)16-11-4-3-10(14-8-11)7-12(18)19/h2-6,8-9H,7H2,1H3,(H,16,20)(H,18,19). The number of aliphatic carboxylic acids is 1.